The van der Waals surface area contributed by atoms with Crippen molar-refractivity contribution in [2.75, 3.05) is 26.4 Å². The third kappa shape index (κ3) is 37.8. The molecule has 0 radical (unpaired) electrons. The molecule has 306 valence electrons. The number of phosphoric acid groups is 1. The van der Waals surface area contributed by atoms with Crippen molar-refractivity contribution in [3.8, 4) is 0 Å². The SMILES string of the molecule is CC/C=C/C=C/C=C/C=C/CCCCCCCC(=O)O[C@H](COC(=O)CCCCC/C=C/CCCCCCCCCC)COP(=O)(O)OC[C@@H](O)CO. The summed E-state index contributed by atoms with van der Waals surface area (Å²) in [6, 6.07) is 0. The predicted molar refractivity (Wildman–Crippen MR) is 214 cm³/mol. The number of unbranched alkanes of at least 4 members (excludes halogenated alkanes) is 16. The molecule has 0 aliphatic carbocycles. The van der Waals surface area contributed by atoms with Crippen LogP contribution in [0.1, 0.15) is 155 Å². The van der Waals surface area contributed by atoms with Gasteiger partial charge in [-0.05, 0) is 57.8 Å². The number of aliphatic hydroxyl groups excluding tert-OH is 2. The monoisotopic (exact) mass is 768 g/mol. The van der Waals surface area contributed by atoms with E-state index in [9.17, 15) is 24.2 Å². The Hall–Kier alpha value is -2.33. The summed E-state index contributed by atoms with van der Waals surface area (Å²) in [4.78, 5) is 34.9. The number of allylic oxidation sites excluding steroid dienone is 10. The van der Waals surface area contributed by atoms with Crippen molar-refractivity contribution in [1.29, 1.82) is 0 Å². The molecule has 0 rings (SSSR count). The molecule has 0 saturated heterocycles. The second-order valence-electron chi connectivity index (χ2n) is 13.4. The van der Waals surface area contributed by atoms with E-state index in [1.807, 2.05) is 36.5 Å². The molecule has 0 spiro atoms. The van der Waals surface area contributed by atoms with E-state index in [2.05, 4.69) is 42.7 Å². The van der Waals surface area contributed by atoms with Crippen molar-refractivity contribution in [1.82, 2.24) is 0 Å². The second-order valence-corrected chi connectivity index (χ2v) is 14.8. The van der Waals surface area contributed by atoms with Gasteiger partial charge in [0.2, 0.25) is 0 Å². The number of phosphoric ester groups is 1. The molecule has 0 aromatic carbocycles. The first-order valence-corrected chi connectivity index (χ1v) is 21.8. The van der Waals surface area contributed by atoms with Gasteiger partial charge in [0.05, 0.1) is 19.8 Å². The quantitative estimate of drug-likeness (QED) is 0.0183. The molecule has 10 nitrogen and oxygen atoms in total. The second kappa shape index (κ2) is 38.0. The number of carbonyl (C=O) groups excluding carboxylic acids is 2. The van der Waals surface area contributed by atoms with Crippen LogP contribution in [0.5, 0.6) is 0 Å². The van der Waals surface area contributed by atoms with Crippen LogP contribution in [0.15, 0.2) is 60.8 Å². The molecule has 0 aromatic rings. The summed E-state index contributed by atoms with van der Waals surface area (Å²) in [6.45, 7) is 2.18. The van der Waals surface area contributed by atoms with Crippen LogP contribution < -0.4 is 0 Å². The predicted octanol–water partition coefficient (Wildman–Crippen LogP) is 10.3. The highest BCUT2D eigenvalue weighted by Gasteiger charge is 2.27. The van der Waals surface area contributed by atoms with Gasteiger partial charge in [-0.25, -0.2) is 4.57 Å². The molecule has 11 heteroatoms. The molecule has 0 saturated carbocycles. The van der Waals surface area contributed by atoms with E-state index in [1.54, 1.807) is 0 Å². The molecule has 53 heavy (non-hydrogen) atoms. The smallest absolute Gasteiger partial charge is 0.462 e. The highest BCUT2D eigenvalue weighted by Crippen LogP contribution is 2.43. The summed E-state index contributed by atoms with van der Waals surface area (Å²) in [5, 5.41) is 18.3. The van der Waals surface area contributed by atoms with Gasteiger partial charge in [0.15, 0.2) is 6.10 Å². The van der Waals surface area contributed by atoms with Crippen LogP contribution in [0.3, 0.4) is 0 Å². The molecule has 0 bridgehead atoms. The van der Waals surface area contributed by atoms with Gasteiger partial charge in [-0.3, -0.25) is 18.6 Å². The maximum absolute atomic E-state index is 12.6. The van der Waals surface area contributed by atoms with Gasteiger partial charge in [-0.15, -0.1) is 0 Å². The Morgan fingerprint density at radius 1 is 0.585 bits per heavy atom. The van der Waals surface area contributed by atoms with Crippen molar-refractivity contribution < 1.29 is 47.8 Å². The number of aliphatic hydroxyl groups is 2. The van der Waals surface area contributed by atoms with E-state index >= 15 is 0 Å². The zero-order valence-corrected chi connectivity index (χ0v) is 33.9. The topological polar surface area (TPSA) is 149 Å². The molecule has 0 heterocycles. The fourth-order valence-corrected chi connectivity index (χ4v) is 5.90. The van der Waals surface area contributed by atoms with Crippen LogP contribution in [0, 0.1) is 0 Å². The summed E-state index contributed by atoms with van der Waals surface area (Å²) in [6.07, 6.45) is 40.4. The largest absolute Gasteiger partial charge is 0.472 e. The van der Waals surface area contributed by atoms with Crippen LogP contribution in [0.25, 0.3) is 0 Å². The molecular weight excluding hydrogens is 695 g/mol. The van der Waals surface area contributed by atoms with Crippen molar-refractivity contribution in [3.63, 3.8) is 0 Å². The molecule has 0 fully saturated rings. The molecule has 0 aromatic heterocycles. The molecule has 0 aliphatic rings. The summed E-state index contributed by atoms with van der Waals surface area (Å²) in [5.41, 5.74) is 0. The lowest BCUT2D eigenvalue weighted by Crippen LogP contribution is -2.29. The first-order chi connectivity index (χ1) is 25.7. The minimum absolute atomic E-state index is 0.152. The van der Waals surface area contributed by atoms with Crippen molar-refractivity contribution in [2.24, 2.45) is 0 Å². The zero-order valence-electron chi connectivity index (χ0n) is 33.0. The fourth-order valence-electron chi connectivity index (χ4n) is 5.11. The summed E-state index contributed by atoms with van der Waals surface area (Å²) >= 11 is 0. The van der Waals surface area contributed by atoms with Gasteiger partial charge in [0, 0.05) is 12.8 Å². The van der Waals surface area contributed by atoms with E-state index in [0.29, 0.717) is 12.8 Å². The normalized spacial score (nSPS) is 14.6. The van der Waals surface area contributed by atoms with Crippen molar-refractivity contribution >= 4 is 19.8 Å². The first kappa shape index (κ1) is 50.7. The van der Waals surface area contributed by atoms with Gasteiger partial charge in [-0.2, -0.15) is 0 Å². The number of carbonyl (C=O) groups is 2. The van der Waals surface area contributed by atoms with Gasteiger partial charge in [0.25, 0.3) is 0 Å². The number of esters is 2. The molecule has 3 N–H and O–H groups in total. The molecule has 3 atom stereocenters. The maximum atomic E-state index is 12.6. The van der Waals surface area contributed by atoms with Gasteiger partial charge in [0.1, 0.15) is 12.7 Å². The Morgan fingerprint density at radius 2 is 1.06 bits per heavy atom. The zero-order chi connectivity index (χ0) is 39.1. The average molecular weight is 769 g/mol. The van der Waals surface area contributed by atoms with Crippen LogP contribution in [0.2, 0.25) is 0 Å². The van der Waals surface area contributed by atoms with E-state index in [1.165, 1.54) is 51.4 Å². The van der Waals surface area contributed by atoms with Crippen LogP contribution in [0.4, 0.5) is 0 Å². The summed E-state index contributed by atoms with van der Waals surface area (Å²) in [7, 11) is -4.63. The fraction of sp³-hybridized carbons (Fsp3) is 0.714. The highest BCUT2D eigenvalue weighted by molar-refractivity contribution is 7.47. The minimum atomic E-state index is -4.63. The standard InChI is InChI=1S/C42H73O10P/c1-3-5-7-9-11-13-15-17-19-21-23-25-27-29-31-33-41(45)49-37-40(38-51-53(47,48)50-36-39(44)35-43)52-42(46)34-32-30-28-26-24-22-20-18-16-14-12-10-8-6-4-2/h6,8,10,12,14,16,18,20-21,23,39-40,43-44H,3-5,7,9,11,13,15,17,19,22,24-38H2,1-2H3,(H,47,48)/b8-6+,12-10+,16-14+,20-18+,23-21+/t39-,40+/m0/s1. The van der Waals surface area contributed by atoms with E-state index < -0.39 is 51.8 Å². The molecule has 1 unspecified atom stereocenters. The Kier molecular flexibility index (Phi) is 36.3. The maximum Gasteiger partial charge on any atom is 0.472 e. The number of hydrogen-bond donors (Lipinski definition) is 3. The third-order valence-electron chi connectivity index (χ3n) is 8.25. The number of hydrogen-bond acceptors (Lipinski definition) is 9. The van der Waals surface area contributed by atoms with Crippen molar-refractivity contribution in [3.05, 3.63) is 60.8 Å². The van der Waals surface area contributed by atoms with Crippen LogP contribution in [-0.2, 0) is 32.7 Å². The Labute approximate surface area is 321 Å². The lowest BCUT2D eigenvalue weighted by molar-refractivity contribution is -0.161. The van der Waals surface area contributed by atoms with E-state index in [-0.39, 0.29) is 19.4 Å². The lowest BCUT2D eigenvalue weighted by Gasteiger charge is -2.20. The number of ether oxygens (including phenoxy) is 2. The average Bonchev–Trinajstić information content (AvgIpc) is 3.14. The first-order valence-electron chi connectivity index (χ1n) is 20.3. The summed E-state index contributed by atoms with van der Waals surface area (Å²) in [5.74, 6) is -0.975. The minimum Gasteiger partial charge on any atom is -0.462 e. The third-order valence-corrected chi connectivity index (χ3v) is 9.20. The van der Waals surface area contributed by atoms with Crippen LogP contribution in [-0.4, -0.2) is 65.7 Å². The molecular formula is C42H73O10P. The van der Waals surface area contributed by atoms with E-state index in [0.717, 1.165) is 64.2 Å². The Balaban J connectivity index is 4.41. The molecule has 0 amide bonds. The van der Waals surface area contributed by atoms with E-state index in [4.69, 9.17) is 19.1 Å². The summed E-state index contributed by atoms with van der Waals surface area (Å²) < 4.78 is 32.6. The Bertz CT molecular complexity index is 1070. The van der Waals surface area contributed by atoms with Crippen LogP contribution >= 0.6 is 7.82 Å². The van der Waals surface area contributed by atoms with Gasteiger partial charge in [-0.1, -0.05) is 145 Å². The Morgan fingerprint density at radius 3 is 1.64 bits per heavy atom. The highest BCUT2D eigenvalue weighted by atomic mass is 31.2. The van der Waals surface area contributed by atoms with Gasteiger partial charge >= 0.3 is 19.8 Å². The van der Waals surface area contributed by atoms with Gasteiger partial charge < -0.3 is 24.6 Å². The van der Waals surface area contributed by atoms with Crippen molar-refractivity contribution in [2.45, 2.75) is 167 Å². The lowest BCUT2D eigenvalue weighted by atomic mass is 10.1. The number of rotatable bonds is 37. The molecule has 0 aliphatic heterocycles.